The molecule has 154 valence electrons. The lowest BCUT2D eigenvalue weighted by Gasteiger charge is -2.08. The minimum Gasteiger partial charge on any atom is -0.475 e. The van der Waals surface area contributed by atoms with Crippen LogP contribution in [0.2, 0.25) is 5.02 Å². The van der Waals surface area contributed by atoms with Crippen LogP contribution in [0.4, 0.5) is 5.82 Å². The standard InChI is InChI=1S/C21H19ClN4O3S/c1-13(27)17-4-5-18(30-17)15-10-16(22)21(26-12-15)29-9-8-24-20(28)7-3-14-2-6-19(23)25-11-14/h2-7,10-12H,8-9H2,1H3,(H2,23,25)(H,24,28)/b7-3+. The first-order chi connectivity index (χ1) is 14.4. The van der Waals surface area contributed by atoms with Gasteiger partial charge >= 0.3 is 0 Å². The van der Waals surface area contributed by atoms with E-state index >= 15 is 0 Å². The molecular weight excluding hydrogens is 424 g/mol. The third kappa shape index (κ3) is 5.88. The molecule has 3 N–H and O–H groups in total. The molecule has 0 saturated carbocycles. The van der Waals surface area contributed by atoms with E-state index in [9.17, 15) is 9.59 Å². The maximum atomic E-state index is 11.8. The molecule has 30 heavy (non-hydrogen) atoms. The van der Waals surface area contributed by atoms with E-state index in [1.54, 1.807) is 42.7 Å². The molecule has 3 heterocycles. The Balaban J connectivity index is 1.48. The largest absolute Gasteiger partial charge is 0.475 e. The van der Waals surface area contributed by atoms with E-state index in [2.05, 4.69) is 15.3 Å². The van der Waals surface area contributed by atoms with Gasteiger partial charge in [-0.3, -0.25) is 9.59 Å². The summed E-state index contributed by atoms with van der Waals surface area (Å²) in [5, 5.41) is 3.06. The molecule has 0 atom stereocenters. The lowest BCUT2D eigenvalue weighted by Crippen LogP contribution is -2.26. The van der Waals surface area contributed by atoms with Gasteiger partial charge in [-0.05, 0) is 48.9 Å². The molecule has 0 fully saturated rings. The topological polar surface area (TPSA) is 107 Å². The van der Waals surface area contributed by atoms with E-state index in [1.807, 2.05) is 6.07 Å². The van der Waals surface area contributed by atoms with Crippen LogP contribution in [0.25, 0.3) is 16.5 Å². The van der Waals surface area contributed by atoms with Crippen molar-refractivity contribution in [1.82, 2.24) is 15.3 Å². The Bertz CT molecular complexity index is 1080. The molecule has 9 heteroatoms. The molecule has 0 aliphatic heterocycles. The van der Waals surface area contributed by atoms with Crippen molar-refractivity contribution in [3.8, 4) is 16.3 Å². The summed E-state index contributed by atoms with van der Waals surface area (Å²) < 4.78 is 5.54. The van der Waals surface area contributed by atoms with Crippen LogP contribution >= 0.6 is 22.9 Å². The van der Waals surface area contributed by atoms with Gasteiger partial charge in [0.25, 0.3) is 0 Å². The highest BCUT2D eigenvalue weighted by Crippen LogP contribution is 2.32. The van der Waals surface area contributed by atoms with Crippen molar-refractivity contribution in [3.63, 3.8) is 0 Å². The Morgan fingerprint density at radius 1 is 1.23 bits per heavy atom. The average Bonchev–Trinajstić information content (AvgIpc) is 3.22. The monoisotopic (exact) mass is 442 g/mol. The molecule has 0 aliphatic carbocycles. The second-order valence-corrected chi connectivity index (χ2v) is 7.71. The molecule has 1 amide bonds. The van der Waals surface area contributed by atoms with E-state index in [0.29, 0.717) is 15.7 Å². The summed E-state index contributed by atoms with van der Waals surface area (Å²) in [7, 11) is 0. The van der Waals surface area contributed by atoms with E-state index in [4.69, 9.17) is 22.1 Å². The van der Waals surface area contributed by atoms with Gasteiger partial charge in [-0.2, -0.15) is 0 Å². The van der Waals surface area contributed by atoms with E-state index < -0.39 is 0 Å². The minimum absolute atomic E-state index is 0.0206. The first-order valence-electron chi connectivity index (χ1n) is 8.99. The van der Waals surface area contributed by atoms with Crippen molar-refractivity contribution in [1.29, 1.82) is 0 Å². The van der Waals surface area contributed by atoms with Crippen LogP contribution < -0.4 is 15.8 Å². The zero-order valence-electron chi connectivity index (χ0n) is 16.1. The molecule has 0 aromatic carbocycles. The molecule has 3 aromatic heterocycles. The van der Waals surface area contributed by atoms with Crippen LogP contribution in [0.15, 0.2) is 48.8 Å². The summed E-state index contributed by atoms with van der Waals surface area (Å²) >= 11 is 7.64. The molecule has 0 unspecified atom stereocenters. The number of halogens is 1. The van der Waals surface area contributed by atoms with Crippen LogP contribution in [-0.2, 0) is 4.79 Å². The van der Waals surface area contributed by atoms with Gasteiger partial charge in [0, 0.05) is 28.9 Å². The fourth-order valence-electron chi connectivity index (χ4n) is 2.42. The number of aromatic nitrogens is 2. The van der Waals surface area contributed by atoms with E-state index in [0.717, 1.165) is 16.0 Å². The molecule has 0 radical (unpaired) electrons. The van der Waals surface area contributed by atoms with Gasteiger partial charge in [0.05, 0.1) is 11.4 Å². The van der Waals surface area contributed by atoms with Gasteiger partial charge in [-0.15, -0.1) is 11.3 Å². The summed E-state index contributed by atoms with van der Waals surface area (Å²) in [5.74, 6) is 0.461. The third-order valence-electron chi connectivity index (χ3n) is 3.92. The molecule has 3 aromatic rings. The lowest BCUT2D eigenvalue weighted by molar-refractivity contribution is -0.116. The number of rotatable bonds is 8. The van der Waals surface area contributed by atoms with Crippen molar-refractivity contribution in [2.45, 2.75) is 6.92 Å². The van der Waals surface area contributed by atoms with Gasteiger partial charge in [0.15, 0.2) is 5.78 Å². The third-order valence-corrected chi connectivity index (χ3v) is 5.43. The average molecular weight is 443 g/mol. The van der Waals surface area contributed by atoms with Gasteiger partial charge in [0.2, 0.25) is 11.8 Å². The highest BCUT2D eigenvalue weighted by molar-refractivity contribution is 7.17. The number of pyridine rings is 2. The van der Waals surface area contributed by atoms with E-state index in [-0.39, 0.29) is 30.7 Å². The predicted octanol–water partition coefficient (Wildman–Crippen LogP) is 3.85. The Morgan fingerprint density at radius 3 is 2.73 bits per heavy atom. The van der Waals surface area contributed by atoms with E-state index in [1.165, 1.54) is 24.3 Å². The van der Waals surface area contributed by atoms with Crippen molar-refractivity contribution in [3.05, 3.63) is 64.3 Å². The number of carbonyl (C=O) groups is 2. The Hall–Kier alpha value is -3.23. The molecule has 3 rings (SSSR count). The Kier molecular flexibility index (Phi) is 7.16. The number of nitrogens with two attached hydrogens (primary N) is 1. The van der Waals surface area contributed by atoms with Crippen LogP contribution in [0.5, 0.6) is 5.88 Å². The summed E-state index contributed by atoms with van der Waals surface area (Å²) in [4.78, 5) is 33.0. The molecule has 0 bridgehead atoms. The van der Waals surface area contributed by atoms with Gasteiger partial charge < -0.3 is 15.8 Å². The summed E-state index contributed by atoms with van der Waals surface area (Å²) in [6.07, 6.45) is 6.26. The SMILES string of the molecule is CC(=O)c1ccc(-c2cnc(OCCNC(=O)/C=C/c3ccc(N)nc3)c(Cl)c2)s1. The van der Waals surface area contributed by atoms with Crippen molar-refractivity contribution in [2.24, 2.45) is 0 Å². The zero-order valence-corrected chi connectivity index (χ0v) is 17.7. The maximum Gasteiger partial charge on any atom is 0.244 e. The molecule has 0 spiro atoms. The number of hydrogen-bond acceptors (Lipinski definition) is 7. The highest BCUT2D eigenvalue weighted by Gasteiger charge is 2.10. The van der Waals surface area contributed by atoms with Gasteiger partial charge in [-0.25, -0.2) is 9.97 Å². The molecular formula is C21H19ClN4O3S. The van der Waals surface area contributed by atoms with Crippen LogP contribution in [0.1, 0.15) is 22.2 Å². The van der Waals surface area contributed by atoms with Crippen LogP contribution in [-0.4, -0.2) is 34.8 Å². The highest BCUT2D eigenvalue weighted by atomic mass is 35.5. The van der Waals surface area contributed by atoms with Gasteiger partial charge in [0.1, 0.15) is 17.4 Å². The predicted molar refractivity (Wildman–Crippen MR) is 119 cm³/mol. The Morgan fingerprint density at radius 2 is 2.07 bits per heavy atom. The smallest absolute Gasteiger partial charge is 0.244 e. The first-order valence-corrected chi connectivity index (χ1v) is 10.2. The number of anilines is 1. The minimum atomic E-state index is -0.260. The number of ether oxygens (including phenoxy) is 1. The maximum absolute atomic E-state index is 11.8. The Labute approximate surface area is 182 Å². The fraction of sp³-hybridized carbons (Fsp3) is 0.143. The number of amides is 1. The number of nitrogen functional groups attached to an aromatic ring is 1. The van der Waals surface area contributed by atoms with Crippen molar-refractivity contribution < 1.29 is 14.3 Å². The van der Waals surface area contributed by atoms with Crippen LogP contribution in [0.3, 0.4) is 0 Å². The van der Waals surface area contributed by atoms with Crippen LogP contribution in [0, 0.1) is 0 Å². The molecule has 7 nitrogen and oxygen atoms in total. The number of carbonyl (C=O) groups excluding carboxylic acids is 2. The number of hydrogen-bond donors (Lipinski definition) is 2. The summed E-state index contributed by atoms with van der Waals surface area (Å²) in [6, 6.07) is 8.81. The lowest BCUT2D eigenvalue weighted by atomic mass is 10.2. The number of nitrogens with one attached hydrogen (secondary N) is 1. The number of thiophene rings is 1. The number of nitrogens with zero attached hydrogens (tertiary/aromatic N) is 2. The summed E-state index contributed by atoms with van der Waals surface area (Å²) in [6.45, 7) is 2.03. The second kappa shape index (κ2) is 10.00. The second-order valence-electron chi connectivity index (χ2n) is 6.22. The molecule has 0 aliphatic rings. The van der Waals surface area contributed by atoms with Crippen molar-refractivity contribution in [2.75, 3.05) is 18.9 Å². The first kappa shape index (κ1) is 21.5. The van der Waals surface area contributed by atoms with Crippen molar-refractivity contribution >= 4 is 46.5 Å². The summed E-state index contributed by atoms with van der Waals surface area (Å²) in [5.41, 5.74) is 7.09. The number of Topliss-reactive ketones (excluding diaryl/α,β-unsaturated/α-hetero) is 1. The zero-order chi connectivity index (χ0) is 21.5. The quantitative estimate of drug-likeness (QED) is 0.311. The van der Waals surface area contributed by atoms with Gasteiger partial charge in [-0.1, -0.05) is 11.6 Å². The number of ketones is 1. The normalized spacial score (nSPS) is 10.9. The fourth-order valence-corrected chi connectivity index (χ4v) is 3.52. The molecule has 0 saturated heterocycles.